The monoisotopic (exact) mass is 215 g/mol. The van der Waals surface area contributed by atoms with Crippen LogP contribution >= 0.6 is 0 Å². The van der Waals surface area contributed by atoms with E-state index in [1.165, 1.54) is 43.2 Å². The van der Waals surface area contributed by atoms with Gasteiger partial charge in [0, 0.05) is 6.04 Å². The number of fused-ring (bicyclic) bond motifs is 2. The number of hydrogen-bond acceptors (Lipinski definition) is 1. The molecule has 2 aliphatic rings. The van der Waals surface area contributed by atoms with E-state index in [1.54, 1.807) is 5.56 Å². The molecule has 16 heavy (non-hydrogen) atoms. The molecular formula is C15H21N. The van der Waals surface area contributed by atoms with Crippen LogP contribution in [0.5, 0.6) is 0 Å². The standard InChI is InChI=1S/C15H21N/c1-2-11-4-5-12-13(10-11)15(7-3-8-15)9-6-14(12)16/h4-5,10,14H,2-3,6-9,16H2,1H3. The fraction of sp³-hybridized carbons (Fsp3) is 0.600. The van der Waals surface area contributed by atoms with Gasteiger partial charge in [0.05, 0.1) is 0 Å². The highest BCUT2D eigenvalue weighted by Crippen LogP contribution is 2.53. The molecule has 1 atom stereocenters. The van der Waals surface area contributed by atoms with E-state index >= 15 is 0 Å². The molecule has 1 heteroatoms. The smallest absolute Gasteiger partial charge is 0.0298 e. The summed E-state index contributed by atoms with van der Waals surface area (Å²) in [5.41, 5.74) is 11.3. The Morgan fingerprint density at radius 2 is 2.12 bits per heavy atom. The van der Waals surface area contributed by atoms with Crippen LogP contribution in [0.15, 0.2) is 18.2 Å². The molecule has 1 nitrogen and oxygen atoms in total. The highest BCUT2D eigenvalue weighted by molar-refractivity contribution is 5.43. The molecular weight excluding hydrogens is 194 g/mol. The molecule has 0 saturated heterocycles. The Kier molecular flexibility index (Phi) is 2.32. The van der Waals surface area contributed by atoms with Gasteiger partial charge in [-0.05, 0) is 54.2 Å². The fourth-order valence-electron chi connectivity index (χ4n) is 3.45. The summed E-state index contributed by atoms with van der Waals surface area (Å²) in [6.07, 6.45) is 7.82. The Labute approximate surface area is 98.0 Å². The first kappa shape index (κ1) is 10.3. The van der Waals surface area contributed by atoms with Crippen LogP contribution < -0.4 is 5.73 Å². The van der Waals surface area contributed by atoms with Crippen LogP contribution in [0.25, 0.3) is 0 Å². The first-order valence-electron chi connectivity index (χ1n) is 6.64. The average Bonchev–Trinajstić information content (AvgIpc) is 2.27. The van der Waals surface area contributed by atoms with E-state index in [2.05, 4.69) is 25.1 Å². The van der Waals surface area contributed by atoms with E-state index in [9.17, 15) is 0 Å². The Morgan fingerprint density at radius 1 is 1.31 bits per heavy atom. The SMILES string of the molecule is CCc1ccc2c(c1)C1(CCC1)CCC2N. The Hall–Kier alpha value is -0.820. The molecule has 0 bridgehead atoms. The topological polar surface area (TPSA) is 26.0 Å². The first-order chi connectivity index (χ1) is 7.75. The van der Waals surface area contributed by atoms with E-state index in [0.717, 1.165) is 6.42 Å². The van der Waals surface area contributed by atoms with Crippen molar-refractivity contribution in [3.63, 3.8) is 0 Å². The second-order valence-electron chi connectivity index (χ2n) is 5.55. The second-order valence-corrected chi connectivity index (χ2v) is 5.55. The van der Waals surface area contributed by atoms with E-state index < -0.39 is 0 Å². The van der Waals surface area contributed by atoms with Gasteiger partial charge in [0.15, 0.2) is 0 Å². The third-order valence-corrected chi connectivity index (χ3v) is 4.74. The van der Waals surface area contributed by atoms with Gasteiger partial charge in [-0.3, -0.25) is 0 Å². The van der Waals surface area contributed by atoms with Crippen molar-refractivity contribution < 1.29 is 0 Å². The number of benzene rings is 1. The first-order valence-corrected chi connectivity index (χ1v) is 6.64. The number of hydrogen-bond donors (Lipinski definition) is 1. The molecule has 1 aromatic rings. The summed E-state index contributed by atoms with van der Waals surface area (Å²) in [5.74, 6) is 0. The summed E-state index contributed by atoms with van der Waals surface area (Å²) in [7, 11) is 0. The van der Waals surface area contributed by atoms with Crippen molar-refractivity contribution in [1.29, 1.82) is 0 Å². The molecule has 0 radical (unpaired) electrons. The van der Waals surface area contributed by atoms with Gasteiger partial charge in [0.2, 0.25) is 0 Å². The molecule has 2 aliphatic carbocycles. The molecule has 1 saturated carbocycles. The molecule has 0 aromatic heterocycles. The van der Waals surface area contributed by atoms with E-state index in [1.807, 2.05) is 0 Å². The number of rotatable bonds is 1. The zero-order valence-corrected chi connectivity index (χ0v) is 10.1. The predicted octanol–water partition coefficient (Wildman–Crippen LogP) is 3.46. The summed E-state index contributed by atoms with van der Waals surface area (Å²) in [4.78, 5) is 0. The summed E-state index contributed by atoms with van der Waals surface area (Å²) in [6, 6.07) is 7.27. The van der Waals surface area contributed by atoms with Crippen LogP contribution in [0.4, 0.5) is 0 Å². The van der Waals surface area contributed by atoms with E-state index in [0.29, 0.717) is 5.41 Å². The summed E-state index contributed by atoms with van der Waals surface area (Å²) in [6.45, 7) is 2.23. The molecule has 86 valence electrons. The molecule has 2 N–H and O–H groups in total. The van der Waals surface area contributed by atoms with Gasteiger partial charge in [0.1, 0.15) is 0 Å². The molecule has 3 rings (SSSR count). The van der Waals surface area contributed by atoms with Crippen LogP contribution in [-0.4, -0.2) is 0 Å². The maximum atomic E-state index is 6.24. The van der Waals surface area contributed by atoms with Gasteiger partial charge in [-0.2, -0.15) is 0 Å². The van der Waals surface area contributed by atoms with Gasteiger partial charge >= 0.3 is 0 Å². The predicted molar refractivity (Wildman–Crippen MR) is 67.5 cm³/mol. The largest absolute Gasteiger partial charge is 0.324 e. The summed E-state index contributed by atoms with van der Waals surface area (Å²) >= 11 is 0. The highest BCUT2D eigenvalue weighted by atomic mass is 14.7. The second kappa shape index (κ2) is 3.59. The van der Waals surface area contributed by atoms with Crippen molar-refractivity contribution in [2.24, 2.45) is 5.73 Å². The molecule has 1 aromatic carbocycles. The van der Waals surface area contributed by atoms with Gasteiger partial charge in [-0.1, -0.05) is 31.5 Å². The highest BCUT2D eigenvalue weighted by Gasteiger charge is 2.43. The van der Waals surface area contributed by atoms with E-state index in [-0.39, 0.29) is 6.04 Å². The third kappa shape index (κ3) is 1.34. The quantitative estimate of drug-likeness (QED) is 0.762. The van der Waals surface area contributed by atoms with Gasteiger partial charge in [-0.15, -0.1) is 0 Å². The molecule has 0 aliphatic heterocycles. The number of aryl methyl sites for hydroxylation is 1. The van der Waals surface area contributed by atoms with Crippen molar-refractivity contribution in [2.45, 2.75) is 56.9 Å². The lowest BCUT2D eigenvalue weighted by molar-refractivity contribution is 0.199. The van der Waals surface area contributed by atoms with Crippen LogP contribution in [0, 0.1) is 0 Å². The zero-order valence-electron chi connectivity index (χ0n) is 10.1. The third-order valence-electron chi connectivity index (χ3n) is 4.74. The minimum Gasteiger partial charge on any atom is -0.324 e. The average molecular weight is 215 g/mol. The van der Waals surface area contributed by atoms with Crippen molar-refractivity contribution in [3.8, 4) is 0 Å². The lowest BCUT2D eigenvalue weighted by Gasteiger charge is -2.48. The van der Waals surface area contributed by atoms with Crippen molar-refractivity contribution in [3.05, 3.63) is 34.9 Å². The lowest BCUT2D eigenvalue weighted by Crippen LogP contribution is -2.40. The summed E-state index contributed by atoms with van der Waals surface area (Å²) in [5, 5.41) is 0. The van der Waals surface area contributed by atoms with Gasteiger partial charge in [-0.25, -0.2) is 0 Å². The Balaban J connectivity index is 2.10. The van der Waals surface area contributed by atoms with Gasteiger partial charge in [0.25, 0.3) is 0 Å². The Bertz CT molecular complexity index is 404. The zero-order chi connectivity index (χ0) is 11.2. The maximum Gasteiger partial charge on any atom is 0.0298 e. The Morgan fingerprint density at radius 3 is 2.75 bits per heavy atom. The normalized spacial score (nSPS) is 26.2. The molecule has 0 heterocycles. The minimum absolute atomic E-state index is 0.284. The van der Waals surface area contributed by atoms with Crippen molar-refractivity contribution in [2.75, 3.05) is 0 Å². The molecule has 1 unspecified atom stereocenters. The maximum absolute atomic E-state index is 6.24. The molecule has 1 fully saturated rings. The van der Waals surface area contributed by atoms with Crippen LogP contribution in [0.1, 0.15) is 61.8 Å². The van der Waals surface area contributed by atoms with E-state index in [4.69, 9.17) is 5.73 Å². The van der Waals surface area contributed by atoms with Gasteiger partial charge < -0.3 is 5.73 Å². The van der Waals surface area contributed by atoms with Crippen LogP contribution in [0.3, 0.4) is 0 Å². The molecule has 0 amide bonds. The fourth-order valence-corrected chi connectivity index (χ4v) is 3.45. The van der Waals surface area contributed by atoms with Crippen molar-refractivity contribution in [1.82, 2.24) is 0 Å². The summed E-state index contributed by atoms with van der Waals surface area (Å²) < 4.78 is 0. The van der Waals surface area contributed by atoms with Crippen LogP contribution in [0.2, 0.25) is 0 Å². The minimum atomic E-state index is 0.284. The number of nitrogens with two attached hydrogens (primary N) is 1. The lowest BCUT2D eigenvalue weighted by atomic mass is 9.57. The molecule has 1 spiro atoms. The van der Waals surface area contributed by atoms with Crippen LogP contribution in [-0.2, 0) is 11.8 Å². The van der Waals surface area contributed by atoms with Crippen molar-refractivity contribution >= 4 is 0 Å².